The van der Waals surface area contributed by atoms with Crippen molar-refractivity contribution >= 4 is 35.1 Å². The minimum atomic E-state index is -1.23. The molecule has 2 aromatic rings. The van der Waals surface area contributed by atoms with E-state index in [0.717, 1.165) is 0 Å². The summed E-state index contributed by atoms with van der Waals surface area (Å²) in [5, 5.41) is 12.3. The maximum Gasteiger partial charge on any atom is 0.371 e. The summed E-state index contributed by atoms with van der Waals surface area (Å²) in [4.78, 5) is 22.7. The van der Waals surface area contributed by atoms with Crippen LogP contribution < -0.4 is 5.32 Å². The van der Waals surface area contributed by atoms with Crippen molar-refractivity contribution in [3.63, 3.8) is 0 Å². The predicted octanol–water partition coefficient (Wildman–Crippen LogP) is 3.78. The van der Waals surface area contributed by atoms with Gasteiger partial charge >= 0.3 is 5.97 Å². The Morgan fingerprint density at radius 2 is 1.86 bits per heavy atom. The van der Waals surface area contributed by atoms with E-state index in [0.29, 0.717) is 15.6 Å². The highest BCUT2D eigenvalue weighted by atomic mass is 35.5. The number of benzene rings is 1. The molecule has 7 heteroatoms. The van der Waals surface area contributed by atoms with E-state index in [4.69, 9.17) is 32.7 Å². The summed E-state index contributed by atoms with van der Waals surface area (Å²) in [6.07, 6.45) is 0. The van der Waals surface area contributed by atoms with Crippen molar-refractivity contribution in [2.24, 2.45) is 0 Å². The van der Waals surface area contributed by atoms with Crippen LogP contribution in [-0.4, -0.2) is 17.0 Å². The largest absolute Gasteiger partial charge is 0.475 e. The van der Waals surface area contributed by atoms with E-state index in [-0.39, 0.29) is 17.6 Å². The Morgan fingerprint density at radius 3 is 2.43 bits per heavy atom. The molecule has 1 aromatic heterocycles. The molecule has 1 atom stereocenters. The Morgan fingerprint density at radius 1 is 1.19 bits per heavy atom. The Hall–Kier alpha value is -1.98. The maximum atomic E-state index is 12.0. The highest BCUT2D eigenvalue weighted by molar-refractivity contribution is 6.35. The van der Waals surface area contributed by atoms with Crippen LogP contribution in [0.2, 0.25) is 10.0 Å². The van der Waals surface area contributed by atoms with E-state index in [1.54, 1.807) is 25.1 Å². The zero-order valence-corrected chi connectivity index (χ0v) is 12.4. The van der Waals surface area contributed by atoms with Crippen LogP contribution in [0.5, 0.6) is 0 Å². The molecular formula is C14H11Cl2NO4. The lowest BCUT2D eigenvalue weighted by Gasteiger charge is -2.15. The van der Waals surface area contributed by atoms with E-state index >= 15 is 0 Å². The lowest BCUT2D eigenvalue weighted by atomic mass is 10.1. The van der Waals surface area contributed by atoms with Crippen molar-refractivity contribution in [1.29, 1.82) is 0 Å². The van der Waals surface area contributed by atoms with Crippen molar-refractivity contribution in [3.8, 4) is 0 Å². The number of carboxylic acid groups (broad SMARTS) is 1. The molecular weight excluding hydrogens is 317 g/mol. The van der Waals surface area contributed by atoms with Crippen LogP contribution in [0.1, 0.15) is 39.6 Å². The van der Waals surface area contributed by atoms with Crippen LogP contribution >= 0.6 is 23.2 Å². The standard InChI is InChI=1S/C14H11Cl2NO4/c1-7(9-3-2-8(15)6-10(9)16)17-13(18)11-4-5-12(21-11)14(19)20/h2-7H,1H3,(H,17,18)(H,19,20). The number of carbonyl (C=O) groups is 2. The van der Waals surface area contributed by atoms with E-state index in [9.17, 15) is 9.59 Å². The predicted molar refractivity (Wildman–Crippen MR) is 78.0 cm³/mol. The molecule has 21 heavy (non-hydrogen) atoms. The van der Waals surface area contributed by atoms with Crippen LogP contribution in [-0.2, 0) is 0 Å². The first-order valence-corrected chi connectivity index (χ1v) is 6.73. The molecule has 110 valence electrons. The first-order valence-electron chi connectivity index (χ1n) is 5.97. The smallest absolute Gasteiger partial charge is 0.371 e. The normalized spacial score (nSPS) is 12.0. The van der Waals surface area contributed by atoms with Crippen LogP contribution in [0, 0.1) is 0 Å². The third-order valence-corrected chi connectivity index (χ3v) is 3.38. The third-order valence-electron chi connectivity index (χ3n) is 2.82. The topological polar surface area (TPSA) is 79.5 Å². The lowest BCUT2D eigenvalue weighted by molar-refractivity contribution is 0.0659. The molecule has 0 aliphatic rings. The fraction of sp³-hybridized carbons (Fsp3) is 0.143. The van der Waals surface area contributed by atoms with Gasteiger partial charge in [0.1, 0.15) is 0 Å². The van der Waals surface area contributed by atoms with E-state index < -0.39 is 11.9 Å². The lowest BCUT2D eigenvalue weighted by Crippen LogP contribution is -2.26. The van der Waals surface area contributed by atoms with Gasteiger partial charge in [-0.25, -0.2) is 4.79 Å². The molecule has 0 bridgehead atoms. The second kappa shape index (κ2) is 6.20. The second-order valence-electron chi connectivity index (χ2n) is 4.33. The van der Waals surface area contributed by atoms with Gasteiger partial charge in [0, 0.05) is 10.0 Å². The first-order chi connectivity index (χ1) is 9.88. The van der Waals surface area contributed by atoms with Crippen LogP contribution in [0.25, 0.3) is 0 Å². The number of aromatic carboxylic acids is 1. The molecule has 0 fully saturated rings. The molecule has 0 saturated heterocycles. The van der Waals surface area contributed by atoms with E-state index in [1.165, 1.54) is 12.1 Å². The molecule has 5 nitrogen and oxygen atoms in total. The minimum Gasteiger partial charge on any atom is -0.475 e. The number of carbonyl (C=O) groups excluding carboxylic acids is 1. The Balaban J connectivity index is 2.12. The van der Waals surface area contributed by atoms with Gasteiger partial charge in [0.2, 0.25) is 5.76 Å². The summed E-state index contributed by atoms with van der Waals surface area (Å²) in [5.41, 5.74) is 0.694. The molecule has 0 saturated carbocycles. The first kappa shape index (κ1) is 15.4. The van der Waals surface area contributed by atoms with Crippen LogP contribution in [0.4, 0.5) is 0 Å². The molecule has 1 unspecified atom stereocenters. The van der Waals surface area contributed by atoms with Crippen molar-refractivity contribution in [3.05, 3.63) is 57.5 Å². The maximum absolute atomic E-state index is 12.0. The number of hydrogen-bond donors (Lipinski definition) is 2. The Labute approximate surface area is 130 Å². The molecule has 1 aromatic carbocycles. The molecule has 0 aliphatic carbocycles. The highest BCUT2D eigenvalue weighted by Gasteiger charge is 2.18. The molecule has 2 N–H and O–H groups in total. The SMILES string of the molecule is CC(NC(=O)c1ccc(C(=O)O)o1)c1ccc(Cl)cc1Cl. The van der Waals surface area contributed by atoms with Crippen LogP contribution in [0.3, 0.4) is 0 Å². The van der Waals surface area contributed by atoms with Crippen LogP contribution in [0.15, 0.2) is 34.7 Å². The quantitative estimate of drug-likeness (QED) is 0.895. The Kier molecular flexibility index (Phi) is 4.55. The van der Waals surface area contributed by atoms with Gasteiger partial charge in [0.25, 0.3) is 5.91 Å². The molecule has 1 amide bonds. The van der Waals surface area contributed by atoms with Crippen molar-refractivity contribution < 1.29 is 19.1 Å². The van der Waals surface area contributed by atoms with Gasteiger partial charge < -0.3 is 14.8 Å². The van der Waals surface area contributed by atoms with Gasteiger partial charge in [-0.3, -0.25) is 4.79 Å². The number of hydrogen-bond acceptors (Lipinski definition) is 3. The summed E-state index contributed by atoms with van der Waals surface area (Å²) in [5.74, 6) is -2.13. The van der Waals surface area contributed by atoms with Gasteiger partial charge in [-0.1, -0.05) is 29.3 Å². The zero-order valence-electron chi connectivity index (χ0n) is 10.9. The summed E-state index contributed by atoms with van der Waals surface area (Å²) < 4.78 is 4.93. The molecule has 0 spiro atoms. The average molecular weight is 328 g/mol. The highest BCUT2D eigenvalue weighted by Crippen LogP contribution is 2.26. The number of amides is 1. The summed E-state index contributed by atoms with van der Waals surface area (Å²) in [7, 11) is 0. The van der Waals surface area contributed by atoms with Crippen molar-refractivity contribution in [2.75, 3.05) is 0 Å². The van der Waals surface area contributed by atoms with Gasteiger partial charge in [-0.05, 0) is 36.8 Å². The summed E-state index contributed by atoms with van der Waals surface area (Å²) >= 11 is 11.9. The number of halogens is 2. The molecule has 2 rings (SSSR count). The third kappa shape index (κ3) is 3.56. The molecule has 0 aliphatic heterocycles. The number of rotatable bonds is 4. The van der Waals surface area contributed by atoms with Crippen molar-refractivity contribution in [1.82, 2.24) is 5.32 Å². The number of furan rings is 1. The molecule has 1 heterocycles. The Bertz CT molecular complexity index is 696. The monoisotopic (exact) mass is 327 g/mol. The van der Waals surface area contributed by atoms with Gasteiger partial charge in [0.15, 0.2) is 5.76 Å². The van der Waals surface area contributed by atoms with Gasteiger partial charge in [-0.15, -0.1) is 0 Å². The average Bonchev–Trinajstić information content (AvgIpc) is 2.88. The van der Waals surface area contributed by atoms with Gasteiger partial charge in [-0.2, -0.15) is 0 Å². The second-order valence-corrected chi connectivity index (χ2v) is 5.17. The number of carboxylic acids is 1. The zero-order chi connectivity index (χ0) is 15.6. The fourth-order valence-electron chi connectivity index (χ4n) is 1.77. The van der Waals surface area contributed by atoms with E-state index in [1.807, 2.05) is 0 Å². The van der Waals surface area contributed by atoms with E-state index in [2.05, 4.69) is 5.32 Å². The van der Waals surface area contributed by atoms with Gasteiger partial charge in [0.05, 0.1) is 6.04 Å². The number of nitrogens with one attached hydrogen (secondary N) is 1. The minimum absolute atomic E-state index is 0.0793. The summed E-state index contributed by atoms with van der Waals surface area (Å²) in [6, 6.07) is 7.09. The molecule has 0 radical (unpaired) electrons. The fourth-order valence-corrected chi connectivity index (χ4v) is 2.35. The van der Waals surface area contributed by atoms with Crippen molar-refractivity contribution in [2.45, 2.75) is 13.0 Å². The summed E-state index contributed by atoms with van der Waals surface area (Å²) in [6.45, 7) is 1.74.